The first-order chi connectivity index (χ1) is 10.1. The zero-order valence-corrected chi connectivity index (χ0v) is 12.4. The van der Waals surface area contributed by atoms with Gasteiger partial charge in [-0.15, -0.1) is 5.10 Å². The Labute approximate surface area is 123 Å². The zero-order chi connectivity index (χ0) is 14.9. The molecule has 1 aromatic rings. The maximum absolute atomic E-state index is 12.5. The van der Waals surface area contributed by atoms with Crippen LogP contribution < -0.4 is 0 Å². The third-order valence-electron chi connectivity index (χ3n) is 4.41. The predicted octanol–water partition coefficient (Wildman–Crippen LogP) is -0.841. The number of amides is 1. The predicted molar refractivity (Wildman–Crippen MR) is 74.1 cm³/mol. The number of hydrogen-bond acceptors (Lipinski definition) is 6. The fraction of sp³-hybridized carbons (Fsp3) is 0.846. The van der Waals surface area contributed by atoms with E-state index in [1.807, 2.05) is 0 Å². The Hall–Kier alpha value is -1.54. The monoisotopic (exact) mass is 294 g/mol. The molecule has 8 heteroatoms. The van der Waals surface area contributed by atoms with Gasteiger partial charge < -0.3 is 10.0 Å². The summed E-state index contributed by atoms with van der Waals surface area (Å²) in [5, 5.41) is 22.2. The van der Waals surface area contributed by atoms with Crippen LogP contribution in [0.15, 0.2) is 0 Å². The molecule has 2 fully saturated rings. The Morgan fingerprint density at radius 2 is 2.05 bits per heavy atom. The van der Waals surface area contributed by atoms with E-state index in [9.17, 15) is 9.90 Å². The zero-order valence-electron chi connectivity index (χ0n) is 12.4. The van der Waals surface area contributed by atoms with Crippen molar-refractivity contribution in [3.63, 3.8) is 0 Å². The van der Waals surface area contributed by atoms with Crippen LogP contribution >= 0.6 is 0 Å². The summed E-state index contributed by atoms with van der Waals surface area (Å²) in [7, 11) is 1.79. The summed E-state index contributed by atoms with van der Waals surface area (Å²) in [5.74, 6) is 0.633. The van der Waals surface area contributed by atoms with Crippen molar-refractivity contribution in [3.8, 4) is 0 Å². The summed E-state index contributed by atoms with van der Waals surface area (Å²) in [6.45, 7) is 3.30. The van der Waals surface area contributed by atoms with Gasteiger partial charge in [0, 0.05) is 26.7 Å². The molecule has 0 aromatic carbocycles. The molecule has 1 aromatic heterocycles. The molecule has 0 radical (unpaired) electrons. The van der Waals surface area contributed by atoms with Gasteiger partial charge in [0.05, 0.1) is 6.54 Å². The van der Waals surface area contributed by atoms with E-state index in [1.165, 1.54) is 0 Å². The third kappa shape index (κ3) is 2.91. The molecule has 2 saturated heterocycles. The van der Waals surface area contributed by atoms with Crippen LogP contribution in [0, 0.1) is 0 Å². The van der Waals surface area contributed by atoms with E-state index in [4.69, 9.17) is 0 Å². The van der Waals surface area contributed by atoms with E-state index >= 15 is 0 Å². The molecule has 3 rings (SSSR count). The summed E-state index contributed by atoms with van der Waals surface area (Å²) >= 11 is 0. The minimum Gasteiger partial charge on any atom is -0.379 e. The van der Waals surface area contributed by atoms with Crippen LogP contribution in [0.3, 0.4) is 0 Å². The minimum atomic E-state index is -1.26. The Kier molecular flexibility index (Phi) is 3.90. The number of likely N-dealkylation sites (tertiary alicyclic amines) is 2. The minimum absolute atomic E-state index is 0.110. The molecule has 0 spiro atoms. The second kappa shape index (κ2) is 5.69. The number of aliphatic hydroxyl groups is 1. The number of carbonyl (C=O) groups is 1. The highest BCUT2D eigenvalue weighted by molar-refractivity contribution is 5.85. The molecule has 1 N–H and O–H groups in total. The van der Waals surface area contributed by atoms with Crippen molar-refractivity contribution >= 4 is 5.91 Å². The van der Waals surface area contributed by atoms with E-state index in [-0.39, 0.29) is 5.91 Å². The first kappa shape index (κ1) is 14.4. The fourth-order valence-electron chi connectivity index (χ4n) is 3.23. The number of nitrogens with zero attached hydrogens (tertiary/aromatic N) is 6. The average Bonchev–Trinajstić information content (AvgIpc) is 3.11. The summed E-state index contributed by atoms with van der Waals surface area (Å²) in [6.07, 6.45) is 3.42. The van der Waals surface area contributed by atoms with Crippen LogP contribution in [-0.4, -0.2) is 72.8 Å². The van der Waals surface area contributed by atoms with Crippen molar-refractivity contribution in [1.82, 2.24) is 30.0 Å². The number of rotatable bonds is 3. The number of β-amino-alcohol motifs (C(OH)–C–C–N with tert-alkyl or cyclic N) is 1. The highest BCUT2D eigenvalue weighted by Crippen LogP contribution is 2.26. The maximum Gasteiger partial charge on any atom is 0.255 e. The average molecular weight is 294 g/mol. The van der Waals surface area contributed by atoms with E-state index in [1.54, 1.807) is 16.6 Å². The second-order valence-corrected chi connectivity index (χ2v) is 6.06. The lowest BCUT2D eigenvalue weighted by Gasteiger charge is -2.39. The van der Waals surface area contributed by atoms with E-state index in [0.717, 1.165) is 44.7 Å². The molecule has 2 aliphatic rings. The standard InChI is InChI=1S/C13H22N6O2/c1-17-11(14-15-16-17)9-18-6-4-5-13(21,10-18)12(20)19-7-2-3-8-19/h21H,2-10H2,1H3. The fourth-order valence-corrected chi connectivity index (χ4v) is 3.23. The van der Waals surface area contributed by atoms with Crippen LogP contribution in [0.25, 0.3) is 0 Å². The molecule has 0 bridgehead atoms. The van der Waals surface area contributed by atoms with Crippen molar-refractivity contribution in [2.24, 2.45) is 7.05 Å². The van der Waals surface area contributed by atoms with Gasteiger partial charge in [-0.3, -0.25) is 9.69 Å². The lowest BCUT2D eigenvalue weighted by molar-refractivity contribution is -0.156. The lowest BCUT2D eigenvalue weighted by atomic mass is 9.91. The van der Waals surface area contributed by atoms with Gasteiger partial charge >= 0.3 is 0 Å². The van der Waals surface area contributed by atoms with Gasteiger partial charge in [0.25, 0.3) is 5.91 Å². The van der Waals surface area contributed by atoms with E-state index in [2.05, 4.69) is 20.4 Å². The quantitative estimate of drug-likeness (QED) is 0.782. The Morgan fingerprint density at radius 3 is 2.71 bits per heavy atom. The number of piperidine rings is 1. The molecule has 1 atom stereocenters. The van der Waals surface area contributed by atoms with Gasteiger partial charge in [-0.05, 0) is 42.7 Å². The molecule has 116 valence electrons. The highest BCUT2D eigenvalue weighted by Gasteiger charge is 2.43. The van der Waals surface area contributed by atoms with Gasteiger partial charge in [0.15, 0.2) is 11.4 Å². The van der Waals surface area contributed by atoms with Crippen molar-refractivity contribution in [1.29, 1.82) is 0 Å². The molecule has 3 heterocycles. The number of tetrazole rings is 1. The SMILES string of the molecule is Cn1nnnc1CN1CCCC(O)(C(=O)N2CCCC2)C1. The highest BCUT2D eigenvalue weighted by atomic mass is 16.3. The van der Waals surface area contributed by atoms with Crippen LogP contribution in [0.1, 0.15) is 31.5 Å². The van der Waals surface area contributed by atoms with Crippen LogP contribution in [0.4, 0.5) is 0 Å². The second-order valence-electron chi connectivity index (χ2n) is 6.06. The largest absolute Gasteiger partial charge is 0.379 e. The first-order valence-corrected chi connectivity index (χ1v) is 7.54. The van der Waals surface area contributed by atoms with Gasteiger partial charge in [-0.1, -0.05) is 0 Å². The third-order valence-corrected chi connectivity index (χ3v) is 4.41. The molecule has 1 amide bonds. The van der Waals surface area contributed by atoms with E-state index in [0.29, 0.717) is 19.5 Å². The lowest BCUT2D eigenvalue weighted by Crippen LogP contribution is -2.57. The van der Waals surface area contributed by atoms with Crippen molar-refractivity contribution < 1.29 is 9.90 Å². The molecule has 2 aliphatic heterocycles. The number of carbonyl (C=O) groups excluding carboxylic acids is 1. The van der Waals surface area contributed by atoms with Crippen molar-refractivity contribution in [2.75, 3.05) is 26.2 Å². The Bertz CT molecular complexity index is 513. The smallest absolute Gasteiger partial charge is 0.255 e. The summed E-state index contributed by atoms with van der Waals surface area (Å²) in [6, 6.07) is 0. The Balaban J connectivity index is 1.66. The maximum atomic E-state index is 12.5. The topological polar surface area (TPSA) is 87.4 Å². The van der Waals surface area contributed by atoms with Gasteiger partial charge in [0.2, 0.25) is 0 Å². The van der Waals surface area contributed by atoms with Gasteiger partial charge in [0.1, 0.15) is 0 Å². The van der Waals surface area contributed by atoms with Crippen LogP contribution in [-0.2, 0) is 18.4 Å². The summed E-state index contributed by atoms with van der Waals surface area (Å²) < 4.78 is 1.62. The van der Waals surface area contributed by atoms with Crippen LogP contribution in [0.2, 0.25) is 0 Å². The molecule has 0 aliphatic carbocycles. The number of aryl methyl sites for hydroxylation is 1. The van der Waals surface area contributed by atoms with Crippen molar-refractivity contribution in [3.05, 3.63) is 5.82 Å². The van der Waals surface area contributed by atoms with Crippen LogP contribution in [0.5, 0.6) is 0 Å². The molecule has 1 unspecified atom stereocenters. The molecular formula is C13H22N6O2. The van der Waals surface area contributed by atoms with Crippen molar-refractivity contribution in [2.45, 2.75) is 37.8 Å². The van der Waals surface area contributed by atoms with Gasteiger partial charge in [-0.2, -0.15) is 0 Å². The molecule has 8 nitrogen and oxygen atoms in total. The summed E-state index contributed by atoms with van der Waals surface area (Å²) in [5.41, 5.74) is -1.26. The normalized spacial score (nSPS) is 27.2. The molecule has 21 heavy (non-hydrogen) atoms. The van der Waals surface area contributed by atoms with E-state index < -0.39 is 5.60 Å². The summed E-state index contributed by atoms with van der Waals surface area (Å²) in [4.78, 5) is 16.4. The number of hydrogen-bond donors (Lipinski definition) is 1. The first-order valence-electron chi connectivity index (χ1n) is 7.54. The number of aromatic nitrogens is 4. The molecule has 0 saturated carbocycles. The Morgan fingerprint density at radius 1 is 1.29 bits per heavy atom. The molecular weight excluding hydrogens is 272 g/mol. The van der Waals surface area contributed by atoms with Gasteiger partial charge in [-0.25, -0.2) is 4.68 Å².